The van der Waals surface area contributed by atoms with Crippen molar-refractivity contribution in [2.75, 3.05) is 94.6 Å². The van der Waals surface area contributed by atoms with E-state index in [1.807, 2.05) is 0 Å². The van der Waals surface area contributed by atoms with E-state index in [4.69, 9.17) is 7.94 Å². The number of unbranched alkanes of at least 4 members (excludes halogenated alkanes) is 6. The Labute approximate surface area is 297 Å². The van der Waals surface area contributed by atoms with E-state index in [1.54, 1.807) is 0 Å². The Kier molecular flexibility index (Phi) is 26.6. The van der Waals surface area contributed by atoms with E-state index in [-0.39, 0.29) is 17.6 Å². The molecular formula is C34H78N6O4P2S. The molecule has 13 heteroatoms. The normalized spacial score (nSPS) is 14.0. The molecule has 0 aliphatic rings. The molecule has 0 heterocycles. The quantitative estimate of drug-likeness (QED) is 0.0527. The summed E-state index contributed by atoms with van der Waals surface area (Å²) in [7, 11) is 7.83. The maximum atomic E-state index is 13.9. The van der Waals surface area contributed by atoms with Gasteiger partial charge in [0.15, 0.2) is 0 Å². The lowest BCUT2D eigenvalue weighted by atomic mass is 10.2. The highest BCUT2D eigenvalue weighted by atomic mass is 32.3. The van der Waals surface area contributed by atoms with Gasteiger partial charge in [-0.05, 0) is 93.9 Å². The molecule has 0 radical (unpaired) electrons. The summed E-state index contributed by atoms with van der Waals surface area (Å²) in [5.74, 6) is 0. The Hall–Kier alpha value is 0.490. The van der Waals surface area contributed by atoms with Crippen LogP contribution in [0, 0.1) is 0 Å². The van der Waals surface area contributed by atoms with Crippen molar-refractivity contribution in [2.24, 2.45) is 0 Å². The van der Waals surface area contributed by atoms with Crippen molar-refractivity contribution in [1.82, 2.24) is 29.4 Å². The molecule has 0 bridgehead atoms. The summed E-state index contributed by atoms with van der Waals surface area (Å²) in [5.41, 5.74) is 0. The molecule has 0 aromatic heterocycles. The van der Waals surface area contributed by atoms with Gasteiger partial charge >= 0.3 is 10.4 Å². The zero-order valence-electron chi connectivity index (χ0n) is 32.9. The van der Waals surface area contributed by atoms with Crippen LogP contribution in [0.5, 0.6) is 0 Å². The molecule has 0 aromatic rings. The summed E-state index contributed by atoms with van der Waals surface area (Å²) in [6.07, 6.45) is 12.9. The van der Waals surface area contributed by atoms with Crippen LogP contribution in [0.25, 0.3) is 0 Å². The van der Waals surface area contributed by atoms with Crippen LogP contribution in [0.15, 0.2) is 0 Å². The molecule has 0 saturated heterocycles. The van der Waals surface area contributed by atoms with Crippen molar-refractivity contribution >= 4 is 28.0 Å². The summed E-state index contributed by atoms with van der Waals surface area (Å²) in [6, 6.07) is 0. The SMILES string of the molecule is CCCCN(C)CC(POS(=O)(=O)OPC(CN(C)CCCC)(N(C)CCCC)N(C)CCCC)(N(C)CCCC)N(C)CCCC. The standard InChI is InChI=1S/C34H78N6O4P2S/c1-13-19-25-35(7)31-33(37(9)27-21-15-3,38(10)28-22-16-4)45-43-47(41,42)44-46-34(39(11)29-23-17-5,40(12)30-24-18-6)32-36(8)26-20-14-2/h45-46H,13-32H2,1-12H3. The van der Waals surface area contributed by atoms with Gasteiger partial charge in [-0.3, -0.25) is 19.6 Å². The molecular weight excluding hydrogens is 650 g/mol. The van der Waals surface area contributed by atoms with Gasteiger partial charge in [0.25, 0.3) is 0 Å². The van der Waals surface area contributed by atoms with Crippen LogP contribution in [0.3, 0.4) is 0 Å². The van der Waals surface area contributed by atoms with Gasteiger partial charge in [0, 0.05) is 39.3 Å². The van der Waals surface area contributed by atoms with Crippen molar-refractivity contribution in [3.05, 3.63) is 0 Å². The molecule has 284 valence electrons. The Morgan fingerprint density at radius 1 is 0.447 bits per heavy atom. The molecule has 0 aliphatic carbocycles. The van der Waals surface area contributed by atoms with Crippen LogP contribution in [-0.4, -0.2) is 143 Å². The molecule has 0 amide bonds. The minimum Gasteiger partial charge on any atom is -0.303 e. The first-order chi connectivity index (χ1) is 22.2. The van der Waals surface area contributed by atoms with E-state index in [1.165, 1.54) is 0 Å². The molecule has 2 unspecified atom stereocenters. The summed E-state index contributed by atoms with van der Waals surface area (Å²) in [6.45, 7) is 20.0. The van der Waals surface area contributed by atoms with Crippen molar-refractivity contribution in [3.63, 3.8) is 0 Å². The van der Waals surface area contributed by atoms with Gasteiger partial charge in [0.2, 0.25) is 0 Å². The first-order valence-corrected chi connectivity index (χ1v) is 21.8. The molecule has 0 rings (SSSR count). The highest BCUT2D eigenvalue weighted by molar-refractivity contribution is 7.88. The largest absolute Gasteiger partial charge is 0.405 e. The molecule has 47 heavy (non-hydrogen) atoms. The van der Waals surface area contributed by atoms with Crippen LogP contribution < -0.4 is 0 Å². The zero-order valence-corrected chi connectivity index (χ0v) is 35.7. The van der Waals surface area contributed by atoms with Gasteiger partial charge in [0.05, 0.1) is 17.6 Å². The molecule has 0 N–H and O–H groups in total. The van der Waals surface area contributed by atoms with E-state index >= 15 is 0 Å². The van der Waals surface area contributed by atoms with Crippen molar-refractivity contribution in [2.45, 2.75) is 129 Å². The van der Waals surface area contributed by atoms with Crippen molar-refractivity contribution < 1.29 is 16.4 Å². The second-order valence-electron chi connectivity index (χ2n) is 13.7. The van der Waals surface area contributed by atoms with Crippen LogP contribution in [-0.2, 0) is 18.3 Å². The third-order valence-electron chi connectivity index (χ3n) is 9.30. The summed E-state index contributed by atoms with van der Waals surface area (Å²) < 4.78 is 39.7. The molecule has 2 atom stereocenters. The first-order valence-electron chi connectivity index (χ1n) is 18.6. The monoisotopic (exact) mass is 729 g/mol. The fourth-order valence-corrected chi connectivity index (χ4v) is 9.85. The second kappa shape index (κ2) is 26.3. The average molecular weight is 729 g/mol. The summed E-state index contributed by atoms with van der Waals surface area (Å²) >= 11 is 0. The number of hydrogen-bond acceptors (Lipinski definition) is 10. The summed E-state index contributed by atoms with van der Waals surface area (Å²) in [5, 5.41) is -1.20. The van der Waals surface area contributed by atoms with Gasteiger partial charge in [0.1, 0.15) is 10.8 Å². The van der Waals surface area contributed by atoms with Crippen LogP contribution in [0.1, 0.15) is 119 Å². The van der Waals surface area contributed by atoms with E-state index in [2.05, 4.69) is 113 Å². The predicted molar refractivity (Wildman–Crippen MR) is 208 cm³/mol. The fraction of sp³-hybridized carbons (Fsp3) is 1.00. The summed E-state index contributed by atoms with van der Waals surface area (Å²) in [4.78, 5) is 14.0. The highest BCUT2D eigenvalue weighted by Crippen LogP contribution is 2.45. The minimum atomic E-state index is -4.29. The van der Waals surface area contributed by atoms with Gasteiger partial charge in [-0.25, -0.2) is 7.94 Å². The first kappa shape index (κ1) is 47.5. The Morgan fingerprint density at radius 2 is 0.681 bits per heavy atom. The highest BCUT2D eigenvalue weighted by Gasteiger charge is 2.44. The molecule has 0 saturated carbocycles. The lowest BCUT2D eigenvalue weighted by Crippen LogP contribution is -2.61. The van der Waals surface area contributed by atoms with Crippen LogP contribution in [0.2, 0.25) is 0 Å². The van der Waals surface area contributed by atoms with E-state index in [0.717, 1.165) is 116 Å². The molecule has 0 fully saturated rings. The van der Waals surface area contributed by atoms with Crippen molar-refractivity contribution in [3.8, 4) is 0 Å². The van der Waals surface area contributed by atoms with Crippen LogP contribution in [0.4, 0.5) is 0 Å². The van der Waals surface area contributed by atoms with Crippen molar-refractivity contribution in [1.29, 1.82) is 0 Å². The third-order valence-corrected chi connectivity index (χ3v) is 14.1. The van der Waals surface area contributed by atoms with Gasteiger partial charge < -0.3 is 9.80 Å². The van der Waals surface area contributed by atoms with Gasteiger partial charge in [-0.1, -0.05) is 80.1 Å². The van der Waals surface area contributed by atoms with E-state index in [0.29, 0.717) is 13.1 Å². The third kappa shape index (κ3) is 17.5. The zero-order chi connectivity index (χ0) is 35.9. The Balaban J connectivity index is 6.54. The minimum absolute atomic E-state index is 0.331. The molecule has 0 aromatic carbocycles. The number of likely N-dealkylation sites (N-methyl/N-ethyl adjacent to an activating group) is 6. The maximum absolute atomic E-state index is 13.9. The molecule has 0 spiro atoms. The number of hydrogen-bond donors (Lipinski definition) is 0. The topological polar surface area (TPSA) is 72.0 Å². The van der Waals surface area contributed by atoms with Gasteiger partial charge in [-0.15, -0.1) is 0 Å². The lowest BCUT2D eigenvalue weighted by Gasteiger charge is -2.49. The molecule has 0 aliphatic heterocycles. The predicted octanol–water partition coefficient (Wildman–Crippen LogP) is 7.15. The van der Waals surface area contributed by atoms with Crippen LogP contribution >= 0.6 is 17.6 Å². The maximum Gasteiger partial charge on any atom is 0.405 e. The average Bonchev–Trinajstić information content (AvgIpc) is 3.05. The Morgan fingerprint density at radius 3 is 0.915 bits per heavy atom. The molecule has 10 nitrogen and oxygen atoms in total. The van der Waals surface area contributed by atoms with E-state index in [9.17, 15) is 8.42 Å². The lowest BCUT2D eigenvalue weighted by molar-refractivity contribution is 0.0139. The smallest absolute Gasteiger partial charge is 0.303 e. The van der Waals surface area contributed by atoms with E-state index < -0.39 is 21.2 Å². The number of rotatable bonds is 32. The fourth-order valence-electron chi connectivity index (χ4n) is 5.78. The second-order valence-corrected chi connectivity index (χ2v) is 17.9. The number of nitrogens with zero attached hydrogens (tertiary/aromatic N) is 6. The Bertz CT molecular complexity index is 786. The van der Waals surface area contributed by atoms with Gasteiger partial charge in [-0.2, -0.15) is 8.42 Å².